The summed E-state index contributed by atoms with van der Waals surface area (Å²) in [4.78, 5) is 32.9. The van der Waals surface area contributed by atoms with Gasteiger partial charge in [0.25, 0.3) is 5.78 Å². The van der Waals surface area contributed by atoms with Gasteiger partial charge in [-0.3, -0.25) is 14.5 Å². The zero-order valence-corrected chi connectivity index (χ0v) is 21.6. The van der Waals surface area contributed by atoms with Crippen LogP contribution in [0.25, 0.3) is 16.0 Å². The fourth-order valence-electron chi connectivity index (χ4n) is 4.25. The number of carbonyl (C=O) groups excluding carboxylic acids is 2. The van der Waals surface area contributed by atoms with Crippen LogP contribution in [0.2, 0.25) is 0 Å². The minimum absolute atomic E-state index is 0.0443. The molecule has 1 aliphatic rings. The second kappa shape index (κ2) is 8.94. The van der Waals surface area contributed by atoms with Crippen molar-refractivity contribution in [3.05, 3.63) is 93.0 Å². The van der Waals surface area contributed by atoms with Crippen LogP contribution in [0.1, 0.15) is 28.3 Å². The second-order valence-electron chi connectivity index (χ2n) is 8.37. The Labute approximate surface area is 214 Å². The molecule has 1 atom stereocenters. The Morgan fingerprint density at radius 1 is 1.06 bits per heavy atom. The molecule has 1 aromatic heterocycles. The van der Waals surface area contributed by atoms with Gasteiger partial charge in [-0.15, -0.1) is 0 Å². The predicted octanol–water partition coefficient (Wildman–Crippen LogP) is 6.31. The fourth-order valence-corrected chi connectivity index (χ4v) is 5.53. The zero-order chi connectivity index (χ0) is 24.9. The minimum atomic E-state index is -0.828. The number of nitrogens with zero attached hydrogens (tertiary/aromatic N) is 2. The monoisotopic (exact) mass is 548 g/mol. The van der Waals surface area contributed by atoms with E-state index < -0.39 is 17.7 Å². The molecule has 3 aromatic carbocycles. The van der Waals surface area contributed by atoms with E-state index in [0.717, 1.165) is 20.3 Å². The number of ketones is 1. The van der Waals surface area contributed by atoms with E-state index in [2.05, 4.69) is 20.9 Å². The molecular weight excluding hydrogens is 528 g/mol. The summed E-state index contributed by atoms with van der Waals surface area (Å²) in [5, 5.41) is 11.8. The zero-order valence-electron chi connectivity index (χ0n) is 19.2. The fraction of sp³-hybridized carbons (Fsp3) is 0.148. The van der Waals surface area contributed by atoms with E-state index in [4.69, 9.17) is 4.74 Å². The van der Waals surface area contributed by atoms with Crippen molar-refractivity contribution in [1.82, 2.24) is 4.98 Å². The summed E-state index contributed by atoms with van der Waals surface area (Å²) in [7, 11) is 1.59. The molecule has 1 unspecified atom stereocenters. The Hall–Kier alpha value is -3.49. The maximum atomic E-state index is 13.4. The van der Waals surface area contributed by atoms with Gasteiger partial charge in [-0.1, -0.05) is 57.1 Å². The van der Waals surface area contributed by atoms with Crippen LogP contribution in [0.15, 0.2) is 70.7 Å². The van der Waals surface area contributed by atoms with Crippen molar-refractivity contribution in [1.29, 1.82) is 0 Å². The van der Waals surface area contributed by atoms with Crippen molar-refractivity contribution < 1.29 is 19.4 Å². The molecule has 0 radical (unpaired) electrons. The van der Waals surface area contributed by atoms with E-state index in [9.17, 15) is 14.7 Å². The van der Waals surface area contributed by atoms with E-state index in [0.29, 0.717) is 27.5 Å². The first-order chi connectivity index (χ1) is 16.8. The summed E-state index contributed by atoms with van der Waals surface area (Å²) < 4.78 is 7.00. The van der Waals surface area contributed by atoms with Crippen molar-refractivity contribution in [2.45, 2.75) is 19.9 Å². The first-order valence-electron chi connectivity index (χ1n) is 10.9. The van der Waals surface area contributed by atoms with Gasteiger partial charge >= 0.3 is 5.91 Å². The molecule has 1 fully saturated rings. The molecule has 0 bridgehead atoms. The van der Waals surface area contributed by atoms with Crippen molar-refractivity contribution in [3.63, 3.8) is 0 Å². The van der Waals surface area contributed by atoms with Crippen molar-refractivity contribution in [3.8, 4) is 5.75 Å². The Morgan fingerprint density at radius 2 is 1.80 bits per heavy atom. The summed E-state index contributed by atoms with van der Waals surface area (Å²) in [5.41, 5.74) is 3.70. The average Bonchev–Trinajstić information content (AvgIpc) is 3.38. The lowest BCUT2D eigenvalue weighted by Crippen LogP contribution is -2.29. The largest absolute Gasteiger partial charge is 0.507 e. The standard InChI is InChI=1S/C27H21BrN2O4S/c1-14-4-5-15(2)19(12-14)24(31)22-23(16-6-8-17(28)9-7-16)30(26(33)25(22)32)27-29-20-11-10-18(34-3)13-21(20)35-27/h4-13,23,31H,1-3H3. The van der Waals surface area contributed by atoms with Crippen molar-refractivity contribution in [2.24, 2.45) is 0 Å². The van der Waals surface area contributed by atoms with Crippen LogP contribution in [0.4, 0.5) is 5.13 Å². The minimum Gasteiger partial charge on any atom is -0.507 e. The molecule has 1 N–H and O–H groups in total. The molecule has 0 aliphatic carbocycles. The first-order valence-corrected chi connectivity index (χ1v) is 12.5. The highest BCUT2D eigenvalue weighted by Gasteiger charge is 2.48. The number of Topliss-reactive ketones (excluding diaryl/α,β-unsaturated/α-hetero) is 1. The van der Waals surface area contributed by atoms with Gasteiger partial charge < -0.3 is 9.84 Å². The molecule has 1 amide bonds. The summed E-state index contributed by atoms with van der Waals surface area (Å²) in [5.74, 6) is -0.985. The van der Waals surface area contributed by atoms with Gasteiger partial charge in [0.15, 0.2) is 5.13 Å². The number of aromatic nitrogens is 1. The van der Waals surface area contributed by atoms with Crippen molar-refractivity contribution >= 4 is 60.1 Å². The number of aryl methyl sites for hydroxylation is 2. The smallest absolute Gasteiger partial charge is 0.301 e. The number of hydrogen-bond acceptors (Lipinski definition) is 6. The van der Waals surface area contributed by atoms with Gasteiger partial charge in [0.05, 0.1) is 28.9 Å². The summed E-state index contributed by atoms with van der Waals surface area (Å²) in [6.45, 7) is 3.77. The van der Waals surface area contributed by atoms with E-state index in [-0.39, 0.29) is 11.3 Å². The topological polar surface area (TPSA) is 79.7 Å². The average molecular weight is 549 g/mol. The summed E-state index contributed by atoms with van der Waals surface area (Å²) in [6.07, 6.45) is 0. The van der Waals surface area contributed by atoms with Crippen LogP contribution in [-0.4, -0.2) is 28.9 Å². The molecule has 35 heavy (non-hydrogen) atoms. The molecule has 8 heteroatoms. The number of ether oxygens (including phenoxy) is 1. The number of anilines is 1. The number of halogens is 1. The van der Waals surface area contributed by atoms with Crippen LogP contribution in [-0.2, 0) is 9.59 Å². The number of methoxy groups -OCH3 is 1. The van der Waals surface area contributed by atoms with E-state index >= 15 is 0 Å². The molecule has 1 saturated heterocycles. The Kier molecular flexibility index (Phi) is 5.94. The van der Waals surface area contributed by atoms with Crippen LogP contribution in [0.5, 0.6) is 5.75 Å². The molecular formula is C27H21BrN2O4S. The highest BCUT2D eigenvalue weighted by Crippen LogP contribution is 2.45. The van der Waals surface area contributed by atoms with Gasteiger partial charge in [-0.05, 0) is 61.4 Å². The van der Waals surface area contributed by atoms with Crippen molar-refractivity contribution in [2.75, 3.05) is 12.0 Å². The molecule has 5 rings (SSSR count). The number of aliphatic hydroxyl groups excluding tert-OH is 1. The molecule has 0 saturated carbocycles. The first kappa shape index (κ1) is 23.3. The Morgan fingerprint density at radius 3 is 2.51 bits per heavy atom. The lowest BCUT2D eigenvalue weighted by molar-refractivity contribution is -0.132. The normalized spacial score (nSPS) is 17.4. The van der Waals surface area contributed by atoms with E-state index in [1.165, 1.54) is 16.2 Å². The Bertz CT molecular complexity index is 1520. The molecule has 6 nitrogen and oxygen atoms in total. The SMILES string of the molecule is COc1ccc2nc(N3C(=O)C(=O)C(=C(O)c4cc(C)ccc4C)C3c3ccc(Br)cc3)sc2c1. The molecule has 1 aliphatic heterocycles. The van der Waals surface area contributed by atoms with Crippen LogP contribution in [0.3, 0.4) is 0 Å². The number of amides is 1. The van der Waals surface area contributed by atoms with Gasteiger partial charge in [0, 0.05) is 10.0 Å². The number of thiazole rings is 1. The van der Waals surface area contributed by atoms with Gasteiger partial charge in [-0.2, -0.15) is 0 Å². The third-order valence-corrected chi connectivity index (χ3v) is 7.61. The number of benzene rings is 3. The lowest BCUT2D eigenvalue weighted by Gasteiger charge is -2.23. The maximum Gasteiger partial charge on any atom is 0.301 e. The Balaban J connectivity index is 1.74. The third kappa shape index (κ3) is 4.02. The number of carbonyl (C=O) groups is 2. The highest BCUT2D eigenvalue weighted by atomic mass is 79.9. The van der Waals surface area contributed by atoms with Crippen LogP contribution >= 0.6 is 27.3 Å². The van der Waals surface area contributed by atoms with Gasteiger partial charge in [0.1, 0.15) is 11.5 Å². The predicted molar refractivity (Wildman–Crippen MR) is 141 cm³/mol. The molecule has 0 spiro atoms. The summed E-state index contributed by atoms with van der Waals surface area (Å²) in [6, 6.07) is 17.6. The van der Waals surface area contributed by atoms with E-state index in [1.807, 2.05) is 68.4 Å². The molecule has 176 valence electrons. The number of hydrogen-bond donors (Lipinski definition) is 1. The summed E-state index contributed by atoms with van der Waals surface area (Å²) >= 11 is 4.74. The quantitative estimate of drug-likeness (QED) is 0.183. The number of rotatable bonds is 4. The third-order valence-electron chi connectivity index (χ3n) is 6.07. The number of aliphatic hydroxyl groups is 1. The second-order valence-corrected chi connectivity index (χ2v) is 10.3. The van der Waals surface area contributed by atoms with Crippen LogP contribution in [0, 0.1) is 13.8 Å². The van der Waals surface area contributed by atoms with Gasteiger partial charge in [0.2, 0.25) is 0 Å². The lowest BCUT2D eigenvalue weighted by atomic mass is 9.93. The highest BCUT2D eigenvalue weighted by molar-refractivity contribution is 9.10. The van der Waals surface area contributed by atoms with Gasteiger partial charge in [-0.25, -0.2) is 4.98 Å². The maximum absolute atomic E-state index is 13.4. The molecule has 4 aromatic rings. The number of fused-ring (bicyclic) bond motifs is 1. The van der Waals surface area contributed by atoms with Crippen LogP contribution < -0.4 is 9.64 Å². The van der Waals surface area contributed by atoms with E-state index in [1.54, 1.807) is 13.2 Å². The molecule has 2 heterocycles.